The molecule has 0 unspecified atom stereocenters. The van der Waals surface area contributed by atoms with Gasteiger partial charge in [-0.15, -0.1) is 0 Å². The SMILES string of the molecule is Cc1c(N)cccc1-c1cnn(-c2ccccc2)c1. The summed E-state index contributed by atoms with van der Waals surface area (Å²) in [6.07, 6.45) is 3.89. The largest absolute Gasteiger partial charge is 0.398 e. The number of anilines is 1. The number of nitrogen functional groups attached to an aromatic ring is 1. The molecule has 0 aliphatic carbocycles. The second-order valence-electron chi connectivity index (χ2n) is 4.53. The fourth-order valence-electron chi connectivity index (χ4n) is 2.15. The van der Waals surface area contributed by atoms with Crippen LogP contribution in [0.1, 0.15) is 5.56 Å². The van der Waals surface area contributed by atoms with Crippen molar-refractivity contribution >= 4 is 5.69 Å². The molecule has 3 heteroatoms. The van der Waals surface area contributed by atoms with Crippen molar-refractivity contribution in [2.75, 3.05) is 5.73 Å². The van der Waals surface area contributed by atoms with Crippen LogP contribution < -0.4 is 5.73 Å². The molecular formula is C16H15N3. The Labute approximate surface area is 112 Å². The molecule has 0 fully saturated rings. The first kappa shape index (κ1) is 11.5. The summed E-state index contributed by atoms with van der Waals surface area (Å²) in [5.41, 5.74) is 11.1. The zero-order valence-electron chi connectivity index (χ0n) is 10.7. The Hall–Kier alpha value is -2.55. The molecule has 1 heterocycles. The van der Waals surface area contributed by atoms with E-state index in [0.29, 0.717) is 0 Å². The second-order valence-corrected chi connectivity index (χ2v) is 4.53. The van der Waals surface area contributed by atoms with Crippen LogP contribution in [0.25, 0.3) is 16.8 Å². The number of benzene rings is 2. The predicted octanol–water partition coefficient (Wildman–Crippen LogP) is 3.43. The highest BCUT2D eigenvalue weighted by molar-refractivity contribution is 5.71. The minimum atomic E-state index is 0.810. The number of para-hydroxylation sites is 1. The lowest BCUT2D eigenvalue weighted by Gasteiger charge is -2.05. The molecule has 2 aromatic carbocycles. The summed E-state index contributed by atoms with van der Waals surface area (Å²) < 4.78 is 1.87. The molecule has 0 aliphatic rings. The Balaban J connectivity index is 2.05. The quantitative estimate of drug-likeness (QED) is 0.707. The number of hydrogen-bond donors (Lipinski definition) is 1. The summed E-state index contributed by atoms with van der Waals surface area (Å²) in [5.74, 6) is 0. The van der Waals surface area contributed by atoms with Gasteiger partial charge in [-0.3, -0.25) is 0 Å². The van der Waals surface area contributed by atoms with Gasteiger partial charge in [0, 0.05) is 17.4 Å². The molecule has 1 aromatic heterocycles. The molecule has 0 atom stereocenters. The van der Waals surface area contributed by atoms with Gasteiger partial charge in [0.2, 0.25) is 0 Å². The molecule has 0 saturated heterocycles. The Kier molecular flexibility index (Phi) is 2.80. The van der Waals surface area contributed by atoms with Gasteiger partial charge < -0.3 is 5.73 Å². The number of nitrogens with two attached hydrogens (primary N) is 1. The monoisotopic (exact) mass is 249 g/mol. The average molecular weight is 249 g/mol. The van der Waals surface area contributed by atoms with Gasteiger partial charge >= 0.3 is 0 Å². The van der Waals surface area contributed by atoms with Crippen molar-refractivity contribution in [2.45, 2.75) is 6.92 Å². The lowest BCUT2D eigenvalue weighted by molar-refractivity contribution is 0.881. The fourth-order valence-corrected chi connectivity index (χ4v) is 2.15. The molecule has 3 aromatic rings. The fraction of sp³-hybridized carbons (Fsp3) is 0.0625. The van der Waals surface area contributed by atoms with Gasteiger partial charge in [0.15, 0.2) is 0 Å². The number of aromatic nitrogens is 2. The van der Waals surface area contributed by atoms with Gasteiger partial charge in [-0.05, 0) is 36.2 Å². The molecule has 0 radical (unpaired) electrons. The first-order valence-electron chi connectivity index (χ1n) is 6.21. The molecule has 94 valence electrons. The lowest BCUT2D eigenvalue weighted by atomic mass is 10.0. The Morgan fingerprint density at radius 3 is 2.58 bits per heavy atom. The zero-order valence-corrected chi connectivity index (χ0v) is 10.7. The van der Waals surface area contributed by atoms with Crippen LogP contribution in [0.5, 0.6) is 0 Å². The van der Waals surface area contributed by atoms with Crippen LogP contribution in [0.15, 0.2) is 60.9 Å². The van der Waals surface area contributed by atoms with Crippen molar-refractivity contribution in [3.63, 3.8) is 0 Å². The van der Waals surface area contributed by atoms with Gasteiger partial charge in [-0.1, -0.05) is 30.3 Å². The summed E-state index contributed by atoms with van der Waals surface area (Å²) in [7, 11) is 0. The normalized spacial score (nSPS) is 10.6. The highest BCUT2D eigenvalue weighted by Gasteiger charge is 2.07. The maximum atomic E-state index is 5.95. The van der Waals surface area contributed by atoms with Crippen LogP contribution in [0, 0.1) is 6.92 Å². The van der Waals surface area contributed by atoms with Crippen LogP contribution in [0.4, 0.5) is 5.69 Å². The Morgan fingerprint density at radius 2 is 1.79 bits per heavy atom. The third-order valence-electron chi connectivity index (χ3n) is 3.29. The number of nitrogens with zero attached hydrogens (tertiary/aromatic N) is 2. The minimum absolute atomic E-state index is 0.810. The van der Waals surface area contributed by atoms with Crippen molar-refractivity contribution in [3.8, 4) is 16.8 Å². The van der Waals surface area contributed by atoms with Crippen LogP contribution >= 0.6 is 0 Å². The third kappa shape index (κ3) is 2.10. The third-order valence-corrected chi connectivity index (χ3v) is 3.29. The minimum Gasteiger partial charge on any atom is -0.398 e. The van der Waals surface area contributed by atoms with Crippen LogP contribution in [0.3, 0.4) is 0 Å². The van der Waals surface area contributed by atoms with E-state index in [-0.39, 0.29) is 0 Å². The maximum Gasteiger partial charge on any atom is 0.0645 e. The van der Waals surface area contributed by atoms with E-state index >= 15 is 0 Å². The van der Waals surface area contributed by atoms with Gasteiger partial charge in [0.1, 0.15) is 0 Å². The Morgan fingerprint density at radius 1 is 1.00 bits per heavy atom. The Bertz CT molecular complexity index is 699. The number of rotatable bonds is 2. The van der Waals surface area contributed by atoms with Crippen LogP contribution in [-0.2, 0) is 0 Å². The smallest absolute Gasteiger partial charge is 0.0645 e. The van der Waals surface area contributed by atoms with E-state index in [2.05, 4.69) is 11.2 Å². The molecule has 0 aliphatic heterocycles. The lowest BCUT2D eigenvalue weighted by Crippen LogP contribution is -1.93. The van der Waals surface area contributed by atoms with E-state index in [0.717, 1.165) is 28.1 Å². The maximum absolute atomic E-state index is 5.95. The van der Waals surface area contributed by atoms with Gasteiger partial charge in [0.05, 0.1) is 11.9 Å². The van der Waals surface area contributed by atoms with Gasteiger partial charge in [-0.25, -0.2) is 4.68 Å². The van der Waals surface area contributed by atoms with Crippen LogP contribution in [-0.4, -0.2) is 9.78 Å². The molecule has 0 spiro atoms. The van der Waals surface area contributed by atoms with Gasteiger partial charge in [0.25, 0.3) is 0 Å². The van der Waals surface area contributed by atoms with E-state index in [4.69, 9.17) is 5.73 Å². The topological polar surface area (TPSA) is 43.8 Å². The second kappa shape index (κ2) is 4.61. The average Bonchev–Trinajstić information content (AvgIpc) is 2.92. The molecule has 19 heavy (non-hydrogen) atoms. The predicted molar refractivity (Wildman–Crippen MR) is 78.1 cm³/mol. The molecule has 0 saturated carbocycles. The highest BCUT2D eigenvalue weighted by Crippen LogP contribution is 2.27. The summed E-state index contributed by atoms with van der Waals surface area (Å²) in [4.78, 5) is 0. The van der Waals surface area contributed by atoms with Crippen molar-refractivity contribution in [1.82, 2.24) is 9.78 Å². The molecular weight excluding hydrogens is 234 g/mol. The summed E-state index contributed by atoms with van der Waals surface area (Å²) in [6.45, 7) is 2.03. The summed E-state index contributed by atoms with van der Waals surface area (Å²) in [6, 6.07) is 16.0. The summed E-state index contributed by atoms with van der Waals surface area (Å²) in [5, 5.41) is 4.41. The van der Waals surface area contributed by atoms with Crippen molar-refractivity contribution in [3.05, 3.63) is 66.5 Å². The zero-order chi connectivity index (χ0) is 13.2. The molecule has 3 nitrogen and oxygen atoms in total. The van der Waals surface area contributed by atoms with Gasteiger partial charge in [-0.2, -0.15) is 5.10 Å². The molecule has 0 amide bonds. The highest BCUT2D eigenvalue weighted by atomic mass is 15.3. The van der Waals surface area contributed by atoms with E-state index in [1.54, 1.807) is 0 Å². The molecule has 2 N–H and O–H groups in total. The first-order valence-corrected chi connectivity index (χ1v) is 6.21. The van der Waals surface area contributed by atoms with Crippen molar-refractivity contribution in [2.24, 2.45) is 0 Å². The molecule has 0 bridgehead atoms. The van der Waals surface area contributed by atoms with E-state index < -0.39 is 0 Å². The van der Waals surface area contributed by atoms with Crippen molar-refractivity contribution in [1.29, 1.82) is 0 Å². The van der Waals surface area contributed by atoms with E-state index in [1.165, 1.54) is 0 Å². The molecule has 3 rings (SSSR count). The first-order chi connectivity index (χ1) is 9.25. The number of hydrogen-bond acceptors (Lipinski definition) is 2. The summed E-state index contributed by atoms with van der Waals surface area (Å²) >= 11 is 0. The standard InChI is InChI=1S/C16H15N3/c1-12-15(8-5-9-16(12)17)13-10-18-19(11-13)14-6-3-2-4-7-14/h2-11H,17H2,1H3. The van der Waals surface area contributed by atoms with Crippen molar-refractivity contribution < 1.29 is 0 Å². The van der Waals surface area contributed by atoms with E-state index in [1.807, 2.05) is 66.5 Å². The van der Waals surface area contributed by atoms with Crippen LogP contribution in [0.2, 0.25) is 0 Å². The van der Waals surface area contributed by atoms with E-state index in [9.17, 15) is 0 Å².